The number of aromatic nitrogens is 1. The average molecular weight is 489 g/mol. The molecule has 3 N–H and O–H groups in total. The van der Waals surface area contributed by atoms with Gasteiger partial charge in [0.25, 0.3) is 0 Å². The number of anilines is 1. The van der Waals surface area contributed by atoms with Crippen LogP contribution in [0.3, 0.4) is 0 Å². The Balaban J connectivity index is 1.54. The van der Waals surface area contributed by atoms with Crippen molar-refractivity contribution in [3.05, 3.63) is 52.7 Å². The molecule has 1 fully saturated rings. The van der Waals surface area contributed by atoms with Gasteiger partial charge in [0.15, 0.2) is 5.84 Å². The van der Waals surface area contributed by atoms with Gasteiger partial charge in [0.2, 0.25) is 5.88 Å². The van der Waals surface area contributed by atoms with E-state index in [-0.39, 0.29) is 46.3 Å². The lowest BCUT2D eigenvalue weighted by molar-refractivity contribution is -0.147. The molecule has 1 heterocycles. The highest BCUT2D eigenvalue weighted by atomic mass is 35.5. The van der Waals surface area contributed by atoms with Gasteiger partial charge in [0, 0.05) is 23.5 Å². The first-order valence-electron chi connectivity index (χ1n) is 11.2. The zero-order valence-corrected chi connectivity index (χ0v) is 20.2. The monoisotopic (exact) mass is 488 g/mol. The van der Waals surface area contributed by atoms with E-state index >= 15 is 0 Å². The second-order valence-electron chi connectivity index (χ2n) is 8.21. The number of carbonyl (C=O) groups excluding carboxylic acids is 2. The molecule has 2 aromatic rings. The number of rotatable bonds is 9. The van der Waals surface area contributed by atoms with Crippen LogP contribution in [0.2, 0.25) is 5.02 Å². The number of pyridine rings is 1. The summed E-state index contributed by atoms with van der Waals surface area (Å²) in [6.45, 7) is 5.90. The first kappa shape index (κ1) is 25.3. The van der Waals surface area contributed by atoms with E-state index in [9.17, 15) is 9.59 Å². The molecule has 182 valence electrons. The van der Waals surface area contributed by atoms with E-state index in [0.717, 1.165) is 24.9 Å². The second-order valence-corrected chi connectivity index (χ2v) is 8.62. The van der Waals surface area contributed by atoms with Crippen LogP contribution in [0.15, 0.2) is 41.7 Å². The Labute approximate surface area is 203 Å². The van der Waals surface area contributed by atoms with Crippen LogP contribution >= 0.6 is 11.6 Å². The molecule has 9 nitrogen and oxygen atoms in total. The Hall–Kier alpha value is -3.33. The van der Waals surface area contributed by atoms with E-state index in [1.165, 1.54) is 12.3 Å². The Kier molecular flexibility index (Phi) is 8.70. The smallest absolute Gasteiger partial charge is 0.367 e. The number of esters is 1. The number of ether oxygens (including phenoxy) is 2. The summed E-state index contributed by atoms with van der Waals surface area (Å²) in [6.07, 6.45) is 3.65. The third kappa shape index (κ3) is 6.84. The zero-order valence-electron chi connectivity index (χ0n) is 19.4. The number of halogens is 1. The Morgan fingerprint density at radius 2 is 1.97 bits per heavy atom. The highest BCUT2D eigenvalue weighted by Gasteiger charge is 2.30. The van der Waals surface area contributed by atoms with Gasteiger partial charge in [-0.2, -0.15) is 0 Å². The van der Waals surface area contributed by atoms with E-state index in [1.54, 1.807) is 12.1 Å². The maximum absolute atomic E-state index is 12.3. The fraction of sp³-hybridized carbons (Fsp3) is 0.417. The van der Waals surface area contributed by atoms with Gasteiger partial charge in [-0.05, 0) is 70.4 Å². The average Bonchev–Trinajstić information content (AvgIpc) is 3.27. The fourth-order valence-electron chi connectivity index (χ4n) is 3.60. The van der Waals surface area contributed by atoms with Crippen molar-refractivity contribution in [1.82, 2.24) is 4.98 Å². The van der Waals surface area contributed by atoms with Gasteiger partial charge < -0.3 is 25.4 Å². The van der Waals surface area contributed by atoms with Crippen LogP contribution in [0.5, 0.6) is 5.88 Å². The Bertz CT molecular complexity index is 1040. The molecule has 0 bridgehead atoms. The molecular weight excluding hydrogens is 460 g/mol. The summed E-state index contributed by atoms with van der Waals surface area (Å²) in [7, 11) is 0. The SMILES string of the molecule is CCOC(=O)C1CCC(Nc2ccc(C(N)=NOC(=O)c3cnc(OC(C)C)c(Cl)c3)cc2)C1. The van der Waals surface area contributed by atoms with Crippen molar-refractivity contribution in [3.63, 3.8) is 0 Å². The first-order chi connectivity index (χ1) is 16.3. The lowest BCUT2D eigenvalue weighted by atomic mass is 10.1. The van der Waals surface area contributed by atoms with E-state index in [0.29, 0.717) is 12.2 Å². The van der Waals surface area contributed by atoms with Gasteiger partial charge in [-0.25, -0.2) is 9.78 Å². The molecule has 34 heavy (non-hydrogen) atoms. The molecule has 0 radical (unpaired) electrons. The molecule has 1 saturated carbocycles. The van der Waals surface area contributed by atoms with Gasteiger partial charge in [0.1, 0.15) is 5.02 Å². The number of nitrogens with zero attached hydrogens (tertiary/aromatic N) is 2. The van der Waals surface area contributed by atoms with Crippen molar-refractivity contribution in [1.29, 1.82) is 0 Å². The summed E-state index contributed by atoms with van der Waals surface area (Å²) >= 11 is 6.10. The maximum atomic E-state index is 12.3. The summed E-state index contributed by atoms with van der Waals surface area (Å²) < 4.78 is 10.6. The molecule has 0 spiro atoms. The van der Waals surface area contributed by atoms with Gasteiger partial charge in [-0.3, -0.25) is 4.79 Å². The van der Waals surface area contributed by atoms with Gasteiger partial charge in [0.05, 0.1) is 24.2 Å². The predicted octanol–water partition coefficient (Wildman–Crippen LogP) is 4.14. The minimum Gasteiger partial charge on any atom is -0.474 e. The minimum atomic E-state index is -0.746. The van der Waals surface area contributed by atoms with Crippen molar-refractivity contribution in [2.75, 3.05) is 11.9 Å². The summed E-state index contributed by atoms with van der Waals surface area (Å²) in [5.74, 6) is -0.651. The van der Waals surface area contributed by atoms with Crippen LogP contribution in [0.1, 0.15) is 56.0 Å². The summed E-state index contributed by atoms with van der Waals surface area (Å²) in [4.78, 5) is 33.1. The topological polar surface area (TPSA) is 125 Å². The van der Waals surface area contributed by atoms with Crippen LogP contribution in [0, 0.1) is 5.92 Å². The van der Waals surface area contributed by atoms with E-state index in [2.05, 4.69) is 15.5 Å². The largest absolute Gasteiger partial charge is 0.474 e. The van der Waals surface area contributed by atoms with Crippen molar-refractivity contribution in [3.8, 4) is 5.88 Å². The van der Waals surface area contributed by atoms with E-state index in [1.807, 2.05) is 32.9 Å². The van der Waals surface area contributed by atoms with Crippen molar-refractivity contribution >= 4 is 35.1 Å². The fourth-order valence-corrected chi connectivity index (χ4v) is 3.81. The maximum Gasteiger partial charge on any atom is 0.367 e. The number of nitrogens with two attached hydrogens (primary N) is 1. The van der Waals surface area contributed by atoms with Crippen LogP contribution in [-0.4, -0.2) is 41.5 Å². The van der Waals surface area contributed by atoms with Crippen LogP contribution in [0.25, 0.3) is 0 Å². The third-order valence-corrected chi connectivity index (χ3v) is 5.49. The zero-order chi connectivity index (χ0) is 24.7. The minimum absolute atomic E-state index is 0.0435. The normalized spacial score (nSPS) is 18.0. The summed E-state index contributed by atoms with van der Waals surface area (Å²) in [6, 6.07) is 8.84. The number of hydrogen-bond acceptors (Lipinski definition) is 8. The molecular formula is C24H29ClN4O5. The molecule has 3 rings (SSSR count). The van der Waals surface area contributed by atoms with Crippen LogP contribution < -0.4 is 15.8 Å². The number of nitrogens with one attached hydrogen (secondary N) is 1. The standard InChI is InChI=1S/C24H29ClN4O5/c1-4-32-23(30)16-7-10-19(11-16)28-18-8-5-15(6-9-18)21(26)29-34-24(31)17-12-20(25)22(27-13-17)33-14(2)3/h5-6,8-9,12-14,16,19,28H,4,7,10-11H2,1-3H3,(H2,26,29). The molecule has 2 atom stereocenters. The highest BCUT2D eigenvalue weighted by molar-refractivity contribution is 6.32. The molecule has 0 saturated heterocycles. The molecule has 1 aliphatic rings. The Morgan fingerprint density at radius 3 is 2.62 bits per heavy atom. The third-order valence-electron chi connectivity index (χ3n) is 5.22. The number of amidine groups is 1. The number of hydrogen-bond donors (Lipinski definition) is 2. The predicted molar refractivity (Wildman–Crippen MR) is 129 cm³/mol. The van der Waals surface area contributed by atoms with Crippen molar-refractivity contribution in [2.45, 2.75) is 52.2 Å². The van der Waals surface area contributed by atoms with Crippen molar-refractivity contribution < 1.29 is 23.9 Å². The van der Waals surface area contributed by atoms with E-state index < -0.39 is 5.97 Å². The number of benzene rings is 1. The summed E-state index contributed by atoms with van der Waals surface area (Å²) in [5.41, 5.74) is 7.57. The van der Waals surface area contributed by atoms with Gasteiger partial charge in [-0.15, -0.1) is 0 Å². The molecule has 2 unspecified atom stereocenters. The molecule has 1 aromatic heterocycles. The van der Waals surface area contributed by atoms with Crippen LogP contribution in [0.4, 0.5) is 5.69 Å². The number of oxime groups is 1. The van der Waals surface area contributed by atoms with Crippen molar-refractivity contribution in [2.24, 2.45) is 16.8 Å². The Morgan fingerprint density at radius 1 is 1.24 bits per heavy atom. The lowest BCUT2D eigenvalue weighted by Gasteiger charge is -2.15. The molecule has 0 amide bonds. The van der Waals surface area contributed by atoms with Crippen LogP contribution in [-0.2, 0) is 14.4 Å². The molecule has 1 aromatic carbocycles. The summed E-state index contributed by atoms with van der Waals surface area (Å²) in [5, 5.41) is 7.34. The quantitative estimate of drug-likeness (QED) is 0.177. The molecule has 10 heteroatoms. The van der Waals surface area contributed by atoms with Gasteiger partial charge in [-0.1, -0.05) is 16.8 Å². The van der Waals surface area contributed by atoms with Gasteiger partial charge >= 0.3 is 11.9 Å². The first-order valence-corrected chi connectivity index (χ1v) is 11.5. The van der Waals surface area contributed by atoms with E-state index in [4.69, 9.17) is 31.6 Å². The molecule has 0 aliphatic heterocycles. The highest BCUT2D eigenvalue weighted by Crippen LogP contribution is 2.29. The molecule has 1 aliphatic carbocycles. The number of carbonyl (C=O) groups is 2. The lowest BCUT2D eigenvalue weighted by Crippen LogP contribution is -2.20. The second kappa shape index (κ2) is 11.7.